The number of aromatic nitrogens is 1. The summed E-state index contributed by atoms with van der Waals surface area (Å²) < 4.78 is 40.3. The smallest absolute Gasteiger partial charge is 0.780 e. The van der Waals surface area contributed by atoms with Crippen molar-refractivity contribution in [2.75, 3.05) is 19.6 Å². The molecule has 14 nitrogen and oxygen atoms in total. The summed E-state index contributed by atoms with van der Waals surface area (Å²) in [6.45, 7) is 3.76. The van der Waals surface area contributed by atoms with Crippen LogP contribution >= 0.6 is 30.2 Å². The van der Waals surface area contributed by atoms with Crippen LogP contribution in [0.3, 0.4) is 0 Å². The molecule has 0 unspecified atom stereocenters. The van der Waals surface area contributed by atoms with E-state index in [4.69, 9.17) is 11.6 Å². The average molecular weight is 878 g/mol. The summed E-state index contributed by atoms with van der Waals surface area (Å²) in [5.41, 5.74) is 2.56. The van der Waals surface area contributed by atoms with Gasteiger partial charge in [0.05, 0.1) is 23.5 Å². The number of hydrogen-bond donors (Lipinski definition) is 2. The van der Waals surface area contributed by atoms with Gasteiger partial charge in [0.2, 0.25) is 17.7 Å². The fourth-order valence-corrected chi connectivity index (χ4v) is 9.41. The molecule has 59 heavy (non-hydrogen) atoms. The Morgan fingerprint density at radius 1 is 0.932 bits per heavy atom. The number of amides is 3. The van der Waals surface area contributed by atoms with Crippen molar-refractivity contribution in [1.29, 1.82) is 0 Å². The molecule has 0 saturated carbocycles. The van der Waals surface area contributed by atoms with Gasteiger partial charge in [0.15, 0.2) is 0 Å². The number of aryl methyl sites for hydroxylation is 1. The number of halogens is 1. The first kappa shape index (κ1) is 47.1. The molecule has 7 rings (SSSR count). The fourth-order valence-electron chi connectivity index (χ4n) is 7.47. The third-order valence-electron chi connectivity index (χ3n) is 9.99. The Kier molecular flexibility index (Phi) is 15.8. The van der Waals surface area contributed by atoms with Gasteiger partial charge in [0, 0.05) is 42.5 Å². The molecule has 298 valence electrons. The number of hydrazine groups is 1. The molecule has 19 heteroatoms. The molecule has 3 amide bonds. The number of hydrogen-bond acceptors (Lipinski definition) is 10. The molecule has 0 aliphatic carbocycles. The van der Waals surface area contributed by atoms with E-state index >= 15 is 0 Å². The second-order valence-corrected chi connectivity index (χ2v) is 17.1. The van der Waals surface area contributed by atoms with Crippen LogP contribution in [0.1, 0.15) is 23.1 Å². The predicted molar refractivity (Wildman–Crippen MR) is 212 cm³/mol. The van der Waals surface area contributed by atoms with Gasteiger partial charge in [-0.1, -0.05) is 89.1 Å². The zero-order valence-corrected chi connectivity index (χ0v) is 39.0. The van der Waals surface area contributed by atoms with Crippen LogP contribution in [0.5, 0.6) is 5.75 Å². The minimum Gasteiger partial charge on any atom is -0.780 e. The number of rotatable bonds is 13. The van der Waals surface area contributed by atoms with Crippen molar-refractivity contribution >= 4 is 58.8 Å². The molecular formula is C40H39ClN5Na2O9PS. The number of para-hydroxylation sites is 1. The molecule has 5 aromatic rings. The minimum atomic E-state index is -5.32. The van der Waals surface area contributed by atoms with Crippen LogP contribution in [-0.2, 0) is 38.3 Å². The van der Waals surface area contributed by atoms with Crippen LogP contribution in [0.15, 0.2) is 127 Å². The topological polar surface area (TPSA) is 182 Å². The second-order valence-electron chi connectivity index (χ2n) is 13.7. The predicted octanol–water partition coefficient (Wildman–Crippen LogP) is -0.931. The molecule has 0 bridgehead atoms. The normalized spacial score (nSPS) is 17.5. The fraction of sp³-hybridized carbons (Fsp3) is 0.225. The van der Waals surface area contributed by atoms with Crippen LogP contribution in [0.2, 0.25) is 5.02 Å². The second kappa shape index (κ2) is 19.8. The maximum Gasteiger partial charge on any atom is 1.00 e. The molecule has 2 aliphatic heterocycles. The van der Waals surface area contributed by atoms with Crippen molar-refractivity contribution in [1.82, 2.24) is 23.8 Å². The first-order chi connectivity index (χ1) is 27.2. The van der Waals surface area contributed by atoms with Gasteiger partial charge in [0.1, 0.15) is 25.8 Å². The molecule has 4 aromatic carbocycles. The molecule has 0 radical (unpaired) electrons. The van der Waals surface area contributed by atoms with E-state index in [-0.39, 0.29) is 121 Å². The Hall–Kier alpha value is -2.96. The quantitative estimate of drug-likeness (QED) is 0.0853. The van der Waals surface area contributed by atoms with E-state index in [1.54, 1.807) is 57.5 Å². The van der Waals surface area contributed by atoms with Gasteiger partial charge in [-0.05, 0) is 65.6 Å². The summed E-state index contributed by atoms with van der Waals surface area (Å²) in [6, 6.07) is 27.4. The van der Waals surface area contributed by atoms with Crippen molar-refractivity contribution in [2.24, 2.45) is 0 Å². The molecule has 2 N–H and O–H groups in total. The number of phosphoric acid groups is 1. The summed E-state index contributed by atoms with van der Waals surface area (Å²) in [6.07, 6.45) is 2.80. The van der Waals surface area contributed by atoms with Crippen LogP contribution in [-0.4, -0.2) is 82.5 Å². The standard InChI is InChI=1S/C40H41ClN5O9PS.2Na/c1-2-22-43-27-38(48)45-35(24-29-11-16-33(17-12-29)55-56(50,51)52)40(49)42(26-36(45)46(43)37(47)20-13-28-7-4-3-5-8-28)25-31-10-6-9-30-21-23-44(39(30)31)57(53,54)34-18-14-32(41)15-19-34;;/h2-12,14-19,21,23,35-36,53-54H,1,13,20,22,24-27H2,(H2,50,51,52);;/q;2*+1/p-2/t35-,36-;;/m0../s1. The summed E-state index contributed by atoms with van der Waals surface area (Å²) >= 11 is 6.09. The molecule has 2 saturated heterocycles. The van der Waals surface area contributed by atoms with E-state index in [0.29, 0.717) is 33.5 Å². The SMILES string of the molecule is C=CCN1CC(=O)N2[C@@H](Cc3ccc(OP(=O)([O-])[O-])cc3)C(=O)N(Cc3cccc4ccn(S(O)(O)c5ccc(Cl)cc5)c34)C[C@@H]2N1C(=O)CCc1ccccc1.[Na+].[Na+]. The minimum absolute atomic E-state index is 0. The van der Waals surface area contributed by atoms with Crippen molar-refractivity contribution in [3.05, 3.63) is 144 Å². The number of nitrogens with zero attached hydrogens (tertiary/aromatic N) is 5. The molecular weight excluding hydrogens is 839 g/mol. The van der Waals surface area contributed by atoms with E-state index in [1.807, 2.05) is 36.4 Å². The van der Waals surface area contributed by atoms with Crippen LogP contribution in [0.4, 0.5) is 0 Å². The van der Waals surface area contributed by atoms with Crippen molar-refractivity contribution < 1.29 is 101 Å². The first-order valence-corrected chi connectivity index (χ1v) is 21.3. The first-order valence-electron chi connectivity index (χ1n) is 18.0. The van der Waals surface area contributed by atoms with E-state index in [1.165, 1.54) is 45.3 Å². The summed E-state index contributed by atoms with van der Waals surface area (Å²) in [5, 5.41) is 4.31. The number of phosphoric ester groups is 1. The molecule has 1 aromatic heterocycles. The van der Waals surface area contributed by atoms with Gasteiger partial charge in [-0.3, -0.25) is 23.5 Å². The van der Waals surface area contributed by atoms with Crippen molar-refractivity contribution in [3.63, 3.8) is 0 Å². The molecule has 0 spiro atoms. The maximum atomic E-state index is 14.7. The average Bonchev–Trinajstić information content (AvgIpc) is 3.63. The number of carbonyl (C=O) groups is 3. The Balaban J connectivity index is 0.00000331. The largest absolute Gasteiger partial charge is 1.00 e. The molecule has 2 atom stereocenters. The van der Waals surface area contributed by atoms with Crippen LogP contribution in [0.25, 0.3) is 10.9 Å². The molecule has 3 heterocycles. The Morgan fingerprint density at radius 2 is 1.63 bits per heavy atom. The zero-order valence-electron chi connectivity index (χ0n) is 32.5. The number of piperazine rings is 1. The van der Waals surface area contributed by atoms with Gasteiger partial charge in [-0.25, -0.2) is 14.0 Å². The monoisotopic (exact) mass is 877 g/mol. The third-order valence-corrected chi connectivity index (χ3v) is 12.4. The summed E-state index contributed by atoms with van der Waals surface area (Å²) in [7, 11) is -8.92. The van der Waals surface area contributed by atoms with E-state index in [9.17, 15) is 37.8 Å². The third kappa shape index (κ3) is 10.6. The summed E-state index contributed by atoms with van der Waals surface area (Å²) in [4.78, 5) is 68.8. The van der Waals surface area contributed by atoms with Gasteiger partial charge in [-0.2, -0.15) is 0 Å². The number of fused-ring (bicyclic) bond motifs is 2. The maximum absolute atomic E-state index is 14.7. The van der Waals surface area contributed by atoms with Crippen LogP contribution < -0.4 is 73.4 Å². The van der Waals surface area contributed by atoms with Crippen LogP contribution in [0, 0.1) is 0 Å². The summed E-state index contributed by atoms with van der Waals surface area (Å²) in [5.74, 6) is -1.26. The van der Waals surface area contributed by atoms with Gasteiger partial charge in [-0.15, -0.1) is 6.58 Å². The zero-order chi connectivity index (χ0) is 40.5. The Labute approximate surface area is 392 Å². The molecule has 2 fully saturated rings. The van der Waals surface area contributed by atoms with Crippen molar-refractivity contribution in [3.8, 4) is 5.75 Å². The number of carbonyl (C=O) groups excluding carboxylic acids is 3. The number of benzene rings is 4. The van der Waals surface area contributed by atoms with Crippen molar-refractivity contribution in [2.45, 2.75) is 42.9 Å². The molecule has 2 aliphatic rings. The van der Waals surface area contributed by atoms with E-state index in [0.717, 1.165) is 5.56 Å². The van der Waals surface area contributed by atoms with E-state index < -0.39 is 36.7 Å². The van der Waals surface area contributed by atoms with Gasteiger partial charge < -0.3 is 28.7 Å². The van der Waals surface area contributed by atoms with Gasteiger partial charge in [0.25, 0.3) is 0 Å². The Morgan fingerprint density at radius 3 is 2.29 bits per heavy atom. The van der Waals surface area contributed by atoms with Gasteiger partial charge >= 0.3 is 59.1 Å². The van der Waals surface area contributed by atoms with E-state index in [2.05, 4.69) is 11.1 Å². The Bertz CT molecular complexity index is 2350.